The molecule has 0 bridgehead atoms. The zero-order valence-electron chi connectivity index (χ0n) is 10.9. The standard InChI is InChI=1S/C12H23N3O/c1-9(11(3)16-5)13-7-6-12-8-15(4)14-10(12)2/h8-9,11,13H,6-7H2,1-5H3. The predicted molar refractivity (Wildman–Crippen MR) is 65.6 cm³/mol. The first-order valence-corrected chi connectivity index (χ1v) is 5.80. The Morgan fingerprint density at radius 1 is 1.50 bits per heavy atom. The summed E-state index contributed by atoms with van der Waals surface area (Å²) >= 11 is 0. The molecule has 1 N–H and O–H groups in total. The third-order valence-corrected chi connectivity index (χ3v) is 3.05. The van der Waals surface area contributed by atoms with E-state index < -0.39 is 0 Å². The van der Waals surface area contributed by atoms with Crippen LogP contribution >= 0.6 is 0 Å². The lowest BCUT2D eigenvalue weighted by Crippen LogP contribution is -2.37. The van der Waals surface area contributed by atoms with E-state index in [1.54, 1.807) is 7.11 Å². The van der Waals surface area contributed by atoms with Crippen LogP contribution in [0.25, 0.3) is 0 Å². The highest BCUT2D eigenvalue weighted by Crippen LogP contribution is 2.05. The highest BCUT2D eigenvalue weighted by atomic mass is 16.5. The van der Waals surface area contributed by atoms with Gasteiger partial charge in [0.05, 0.1) is 11.8 Å². The molecule has 1 rings (SSSR count). The summed E-state index contributed by atoms with van der Waals surface area (Å²) in [6, 6.07) is 0.377. The van der Waals surface area contributed by atoms with Crippen molar-refractivity contribution in [3.8, 4) is 0 Å². The summed E-state index contributed by atoms with van der Waals surface area (Å²) in [6.07, 6.45) is 3.34. The van der Waals surface area contributed by atoms with E-state index >= 15 is 0 Å². The zero-order chi connectivity index (χ0) is 12.1. The molecule has 4 heteroatoms. The minimum Gasteiger partial charge on any atom is -0.380 e. The maximum atomic E-state index is 5.26. The normalized spacial score (nSPS) is 15.1. The molecule has 0 amide bonds. The molecular formula is C12H23N3O. The molecule has 1 aromatic rings. The smallest absolute Gasteiger partial charge is 0.0693 e. The van der Waals surface area contributed by atoms with E-state index in [4.69, 9.17) is 4.74 Å². The molecule has 16 heavy (non-hydrogen) atoms. The van der Waals surface area contributed by atoms with Crippen LogP contribution in [0.2, 0.25) is 0 Å². The number of hydrogen-bond acceptors (Lipinski definition) is 3. The summed E-state index contributed by atoms with van der Waals surface area (Å²) in [5.41, 5.74) is 2.43. The molecule has 0 saturated carbocycles. The fourth-order valence-corrected chi connectivity index (χ4v) is 1.70. The van der Waals surface area contributed by atoms with Crippen LogP contribution in [-0.2, 0) is 18.2 Å². The average Bonchev–Trinajstić information content (AvgIpc) is 2.56. The van der Waals surface area contributed by atoms with Crippen molar-refractivity contribution < 1.29 is 4.74 Å². The van der Waals surface area contributed by atoms with Gasteiger partial charge in [0.15, 0.2) is 0 Å². The van der Waals surface area contributed by atoms with Gasteiger partial charge in [-0.1, -0.05) is 0 Å². The molecule has 0 radical (unpaired) electrons. The Balaban J connectivity index is 2.33. The average molecular weight is 225 g/mol. The van der Waals surface area contributed by atoms with Crippen molar-refractivity contribution in [2.45, 2.75) is 39.3 Å². The Kier molecular flexibility index (Phi) is 4.96. The highest BCUT2D eigenvalue weighted by molar-refractivity contribution is 5.15. The monoisotopic (exact) mass is 225 g/mol. The molecule has 2 unspecified atom stereocenters. The van der Waals surface area contributed by atoms with Crippen molar-refractivity contribution >= 4 is 0 Å². The molecule has 0 fully saturated rings. The van der Waals surface area contributed by atoms with Crippen LogP contribution in [0, 0.1) is 6.92 Å². The molecule has 4 nitrogen and oxygen atoms in total. The molecule has 2 atom stereocenters. The van der Waals surface area contributed by atoms with Gasteiger partial charge >= 0.3 is 0 Å². The van der Waals surface area contributed by atoms with Gasteiger partial charge in [0, 0.05) is 26.4 Å². The van der Waals surface area contributed by atoms with E-state index in [1.165, 1.54) is 5.56 Å². The molecule has 0 aliphatic heterocycles. The van der Waals surface area contributed by atoms with E-state index in [1.807, 2.05) is 11.7 Å². The highest BCUT2D eigenvalue weighted by Gasteiger charge is 2.10. The van der Waals surface area contributed by atoms with Gasteiger partial charge in [-0.3, -0.25) is 4.68 Å². The minimum atomic E-state index is 0.245. The predicted octanol–water partition coefficient (Wildman–Crippen LogP) is 1.28. The van der Waals surface area contributed by atoms with Crippen molar-refractivity contribution in [2.24, 2.45) is 7.05 Å². The Morgan fingerprint density at radius 3 is 2.69 bits per heavy atom. The molecule has 1 aromatic heterocycles. The number of nitrogens with one attached hydrogen (secondary N) is 1. The summed E-state index contributed by atoms with van der Waals surface area (Å²) in [4.78, 5) is 0. The molecule has 0 saturated heterocycles. The van der Waals surface area contributed by atoms with Crippen LogP contribution in [0.15, 0.2) is 6.20 Å². The molecule has 1 heterocycles. The van der Waals surface area contributed by atoms with Crippen molar-refractivity contribution in [3.05, 3.63) is 17.5 Å². The summed E-state index contributed by atoms with van der Waals surface area (Å²) in [5, 5.41) is 7.78. The second-order valence-electron chi connectivity index (χ2n) is 4.35. The van der Waals surface area contributed by atoms with E-state index in [-0.39, 0.29) is 6.10 Å². The van der Waals surface area contributed by atoms with E-state index in [2.05, 4.69) is 37.4 Å². The maximum absolute atomic E-state index is 5.26. The zero-order valence-corrected chi connectivity index (χ0v) is 10.9. The van der Waals surface area contributed by atoms with Crippen LogP contribution in [0.4, 0.5) is 0 Å². The fourth-order valence-electron chi connectivity index (χ4n) is 1.70. The number of nitrogens with zero attached hydrogens (tertiary/aromatic N) is 2. The number of aryl methyl sites for hydroxylation is 2. The summed E-state index contributed by atoms with van der Waals surface area (Å²) in [5.74, 6) is 0. The first kappa shape index (κ1) is 13.2. The van der Waals surface area contributed by atoms with Crippen molar-refractivity contribution in [2.75, 3.05) is 13.7 Å². The molecule has 0 aromatic carbocycles. The molecular weight excluding hydrogens is 202 g/mol. The minimum absolute atomic E-state index is 0.245. The lowest BCUT2D eigenvalue weighted by atomic mass is 10.1. The molecule has 0 aliphatic rings. The van der Waals surface area contributed by atoms with E-state index in [9.17, 15) is 0 Å². The van der Waals surface area contributed by atoms with E-state index in [0.29, 0.717) is 6.04 Å². The Bertz CT molecular complexity index is 322. The van der Waals surface area contributed by atoms with Crippen LogP contribution in [-0.4, -0.2) is 35.6 Å². The third-order valence-electron chi connectivity index (χ3n) is 3.05. The van der Waals surface area contributed by atoms with Crippen molar-refractivity contribution in [1.29, 1.82) is 0 Å². The lowest BCUT2D eigenvalue weighted by molar-refractivity contribution is 0.0890. The maximum Gasteiger partial charge on any atom is 0.0693 e. The topological polar surface area (TPSA) is 39.1 Å². The van der Waals surface area contributed by atoms with Crippen LogP contribution in [0.3, 0.4) is 0 Å². The van der Waals surface area contributed by atoms with Gasteiger partial charge in [0.25, 0.3) is 0 Å². The lowest BCUT2D eigenvalue weighted by Gasteiger charge is -2.19. The van der Waals surface area contributed by atoms with Gasteiger partial charge in [0.2, 0.25) is 0 Å². The molecule has 92 valence electrons. The van der Waals surface area contributed by atoms with Gasteiger partial charge < -0.3 is 10.1 Å². The largest absolute Gasteiger partial charge is 0.380 e. The van der Waals surface area contributed by atoms with E-state index in [0.717, 1.165) is 18.7 Å². The first-order chi connectivity index (χ1) is 7.54. The number of aromatic nitrogens is 2. The third kappa shape index (κ3) is 3.61. The molecule has 0 aliphatic carbocycles. The number of methoxy groups -OCH3 is 1. The second-order valence-corrected chi connectivity index (χ2v) is 4.35. The van der Waals surface area contributed by atoms with Crippen LogP contribution in [0.1, 0.15) is 25.1 Å². The quantitative estimate of drug-likeness (QED) is 0.793. The van der Waals surface area contributed by atoms with Gasteiger partial charge in [-0.2, -0.15) is 5.10 Å². The SMILES string of the molecule is COC(C)C(C)NCCc1cn(C)nc1C. The molecule has 0 spiro atoms. The van der Waals surface area contributed by atoms with Crippen molar-refractivity contribution in [3.63, 3.8) is 0 Å². The van der Waals surface area contributed by atoms with Gasteiger partial charge in [-0.15, -0.1) is 0 Å². The second kappa shape index (κ2) is 6.01. The van der Waals surface area contributed by atoms with Gasteiger partial charge in [0.1, 0.15) is 0 Å². The van der Waals surface area contributed by atoms with Crippen molar-refractivity contribution in [1.82, 2.24) is 15.1 Å². The summed E-state index contributed by atoms with van der Waals surface area (Å²) in [7, 11) is 3.70. The van der Waals surface area contributed by atoms with Crippen LogP contribution in [0.5, 0.6) is 0 Å². The first-order valence-electron chi connectivity index (χ1n) is 5.80. The summed E-state index contributed by atoms with van der Waals surface area (Å²) in [6.45, 7) is 7.23. The Morgan fingerprint density at radius 2 is 2.19 bits per heavy atom. The fraction of sp³-hybridized carbons (Fsp3) is 0.750. The number of ether oxygens (including phenoxy) is 1. The van der Waals surface area contributed by atoms with Crippen LogP contribution < -0.4 is 5.32 Å². The Hall–Kier alpha value is -0.870. The number of hydrogen-bond donors (Lipinski definition) is 1. The van der Waals surface area contributed by atoms with Gasteiger partial charge in [-0.05, 0) is 39.3 Å². The number of rotatable bonds is 6. The summed E-state index contributed by atoms with van der Waals surface area (Å²) < 4.78 is 7.13. The Labute approximate surface area is 98.0 Å². The van der Waals surface area contributed by atoms with Gasteiger partial charge in [-0.25, -0.2) is 0 Å².